The van der Waals surface area contributed by atoms with Crippen LogP contribution in [0.2, 0.25) is 0 Å². The van der Waals surface area contributed by atoms with Crippen molar-refractivity contribution in [1.29, 1.82) is 0 Å². The highest BCUT2D eigenvalue weighted by atomic mass is 16.6. The zero-order chi connectivity index (χ0) is 13.8. The number of nitro benzene ring substituents is 1. The first-order valence-electron chi connectivity index (χ1n) is 6.73. The van der Waals surface area contributed by atoms with E-state index in [9.17, 15) is 10.1 Å². The minimum absolute atomic E-state index is 0.150. The highest BCUT2D eigenvalue weighted by Gasteiger charge is 2.19. The van der Waals surface area contributed by atoms with Gasteiger partial charge in [-0.1, -0.05) is 12.5 Å². The van der Waals surface area contributed by atoms with Gasteiger partial charge >= 0.3 is 0 Å². The molecule has 1 aliphatic rings. The van der Waals surface area contributed by atoms with Crippen molar-refractivity contribution in [3.05, 3.63) is 33.9 Å². The molecule has 0 spiro atoms. The maximum absolute atomic E-state index is 11.0. The second-order valence-corrected chi connectivity index (χ2v) is 5.35. The molecule has 1 aromatic carbocycles. The van der Waals surface area contributed by atoms with E-state index in [4.69, 9.17) is 0 Å². The van der Waals surface area contributed by atoms with Crippen molar-refractivity contribution < 1.29 is 4.92 Å². The molecule has 5 nitrogen and oxygen atoms in total. The van der Waals surface area contributed by atoms with E-state index >= 15 is 0 Å². The minimum Gasteiger partial charge on any atom is -0.383 e. The monoisotopic (exact) mass is 263 g/mol. The zero-order valence-corrected chi connectivity index (χ0v) is 11.6. The number of nitro groups is 1. The molecule has 0 aromatic heterocycles. The summed E-state index contributed by atoms with van der Waals surface area (Å²) in [6.45, 7) is 1.85. The lowest BCUT2D eigenvalue weighted by Gasteiger charge is -2.30. The predicted molar refractivity (Wildman–Crippen MR) is 76.3 cm³/mol. The highest BCUT2D eigenvalue weighted by Crippen LogP contribution is 2.28. The summed E-state index contributed by atoms with van der Waals surface area (Å²) in [5.41, 5.74) is 1.71. The summed E-state index contributed by atoms with van der Waals surface area (Å²) >= 11 is 0. The van der Waals surface area contributed by atoms with Crippen molar-refractivity contribution >= 4 is 11.4 Å². The Bertz CT molecular complexity index is 458. The van der Waals surface area contributed by atoms with E-state index in [1.165, 1.54) is 19.3 Å². The van der Waals surface area contributed by atoms with Gasteiger partial charge in [-0.2, -0.15) is 0 Å². The summed E-state index contributed by atoms with van der Waals surface area (Å²) in [5.74, 6) is 0.816. The second kappa shape index (κ2) is 6.02. The first-order chi connectivity index (χ1) is 9.10. The first kappa shape index (κ1) is 13.8. The molecular formula is C14H21N3O2. The summed E-state index contributed by atoms with van der Waals surface area (Å²) in [6, 6.07) is 5.41. The van der Waals surface area contributed by atoms with Gasteiger partial charge in [-0.15, -0.1) is 0 Å². The third kappa shape index (κ3) is 3.44. The van der Waals surface area contributed by atoms with Crippen molar-refractivity contribution in [3.8, 4) is 0 Å². The number of anilines is 1. The Morgan fingerprint density at radius 3 is 2.74 bits per heavy atom. The van der Waals surface area contributed by atoms with Gasteiger partial charge in [-0.05, 0) is 37.4 Å². The summed E-state index contributed by atoms with van der Waals surface area (Å²) in [5, 5.41) is 13.9. The molecule has 5 heteroatoms. The van der Waals surface area contributed by atoms with Crippen molar-refractivity contribution in [2.24, 2.45) is 5.92 Å². The van der Waals surface area contributed by atoms with Gasteiger partial charge in [0.25, 0.3) is 5.69 Å². The van der Waals surface area contributed by atoms with E-state index in [0.29, 0.717) is 5.69 Å². The van der Waals surface area contributed by atoms with E-state index < -0.39 is 0 Å². The van der Waals surface area contributed by atoms with Gasteiger partial charge in [0.1, 0.15) is 5.69 Å². The van der Waals surface area contributed by atoms with Crippen LogP contribution in [-0.2, 0) is 6.54 Å². The van der Waals surface area contributed by atoms with Gasteiger partial charge in [-0.25, -0.2) is 0 Å². The fraction of sp³-hybridized carbons (Fsp3) is 0.571. The van der Waals surface area contributed by atoms with E-state index in [1.807, 2.05) is 6.07 Å². The van der Waals surface area contributed by atoms with Crippen LogP contribution in [0.3, 0.4) is 0 Å². The van der Waals surface area contributed by atoms with Gasteiger partial charge in [0, 0.05) is 26.2 Å². The molecule has 1 fully saturated rings. The molecule has 1 aromatic rings. The molecule has 0 amide bonds. The van der Waals surface area contributed by atoms with Crippen LogP contribution in [0.15, 0.2) is 18.2 Å². The van der Waals surface area contributed by atoms with Crippen LogP contribution >= 0.6 is 0 Å². The maximum Gasteiger partial charge on any atom is 0.292 e. The quantitative estimate of drug-likeness (QED) is 0.633. The third-order valence-corrected chi connectivity index (χ3v) is 3.78. The van der Waals surface area contributed by atoms with Crippen molar-refractivity contribution in [2.45, 2.75) is 25.8 Å². The Balaban J connectivity index is 2.03. The molecule has 0 unspecified atom stereocenters. The largest absolute Gasteiger partial charge is 0.383 e. The molecule has 0 heterocycles. The molecule has 1 saturated carbocycles. The molecule has 0 saturated heterocycles. The average molecular weight is 263 g/mol. The summed E-state index contributed by atoms with van der Waals surface area (Å²) in [4.78, 5) is 12.9. The van der Waals surface area contributed by atoms with E-state index in [0.717, 1.165) is 24.6 Å². The third-order valence-electron chi connectivity index (χ3n) is 3.78. The van der Waals surface area contributed by atoms with Crippen LogP contribution in [0.5, 0.6) is 0 Å². The summed E-state index contributed by atoms with van der Waals surface area (Å²) in [6.07, 6.45) is 3.99. The normalized spacial score (nSPS) is 15.3. The molecule has 0 bridgehead atoms. The molecule has 104 valence electrons. The zero-order valence-electron chi connectivity index (χ0n) is 11.6. The van der Waals surface area contributed by atoms with Gasteiger partial charge in [0.15, 0.2) is 0 Å². The second-order valence-electron chi connectivity index (χ2n) is 5.35. The topological polar surface area (TPSA) is 58.4 Å². The number of rotatable bonds is 6. The van der Waals surface area contributed by atoms with Crippen LogP contribution in [-0.4, -0.2) is 30.5 Å². The maximum atomic E-state index is 11.0. The van der Waals surface area contributed by atoms with Gasteiger partial charge < -0.3 is 10.2 Å². The number of nitrogens with one attached hydrogen (secondary N) is 1. The molecule has 1 N–H and O–H groups in total. The Morgan fingerprint density at radius 1 is 1.47 bits per heavy atom. The van der Waals surface area contributed by atoms with Crippen LogP contribution in [0, 0.1) is 16.0 Å². The first-order valence-corrected chi connectivity index (χ1v) is 6.73. The number of hydrogen-bond donors (Lipinski definition) is 1. The van der Waals surface area contributed by atoms with Gasteiger partial charge in [0.2, 0.25) is 0 Å². The van der Waals surface area contributed by atoms with Crippen LogP contribution < -0.4 is 5.32 Å². The molecule has 2 rings (SSSR count). The van der Waals surface area contributed by atoms with Crippen LogP contribution in [0.1, 0.15) is 24.8 Å². The molecule has 1 aliphatic carbocycles. The Hall–Kier alpha value is -1.62. The van der Waals surface area contributed by atoms with Gasteiger partial charge in [0.05, 0.1) is 4.92 Å². The van der Waals surface area contributed by atoms with Crippen LogP contribution in [0.25, 0.3) is 0 Å². The highest BCUT2D eigenvalue weighted by molar-refractivity contribution is 5.62. The lowest BCUT2D eigenvalue weighted by atomic mass is 9.85. The van der Waals surface area contributed by atoms with Crippen LogP contribution in [0.4, 0.5) is 11.4 Å². The fourth-order valence-electron chi connectivity index (χ4n) is 2.53. The molecule has 19 heavy (non-hydrogen) atoms. The number of nitrogens with zero attached hydrogens (tertiary/aromatic N) is 2. The smallest absolute Gasteiger partial charge is 0.292 e. The van der Waals surface area contributed by atoms with Crippen molar-refractivity contribution in [1.82, 2.24) is 4.90 Å². The van der Waals surface area contributed by atoms with Gasteiger partial charge in [-0.3, -0.25) is 10.1 Å². The van der Waals surface area contributed by atoms with E-state index in [2.05, 4.69) is 17.3 Å². The lowest BCUT2D eigenvalue weighted by molar-refractivity contribution is -0.384. The standard InChI is InChI=1S/C14H21N3O2/c1-15-13-7-6-12(8-14(13)17(18)19)10-16(2)9-11-4-3-5-11/h6-8,11,15H,3-5,9-10H2,1-2H3. The predicted octanol–water partition coefficient (Wildman–Crippen LogP) is 2.87. The molecule has 0 aliphatic heterocycles. The SMILES string of the molecule is CNc1ccc(CN(C)CC2CCC2)cc1[N+](=O)[O-]. The van der Waals surface area contributed by atoms with Crippen molar-refractivity contribution in [3.63, 3.8) is 0 Å². The molecule has 0 atom stereocenters. The Kier molecular flexibility index (Phi) is 4.37. The average Bonchev–Trinajstić information content (AvgIpc) is 2.33. The Morgan fingerprint density at radius 2 is 2.21 bits per heavy atom. The molecule has 0 radical (unpaired) electrons. The number of benzene rings is 1. The fourth-order valence-corrected chi connectivity index (χ4v) is 2.53. The van der Waals surface area contributed by atoms with Crippen molar-refractivity contribution in [2.75, 3.05) is 26.0 Å². The van der Waals surface area contributed by atoms with E-state index in [1.54, 1.807) is 19.2 Å². The number of hydrogen-bond acceptors (Lipinski definition) is 4. The van der Waals surface area contributed by atoms with E-state index in [-0.39, 0.29) is 10.6 Å². The molecular weight excluding hydrogens is 242 g/mol. The summed E-state index contributed by atoms with van der Waals surface area (Å²) < 4.78 is 0. The minimum atomic E-state index is -0.332. The summed E-state index contributed by atoms with van der Waals surface area (Å²) in [7, 11) is 3.78. The lowest BCUT2D eigenvalue weighted by Crippen LogP contribution is -2.29. The Labute approximate surface area is 113 Å².